The highest BCUT2D eigenvalue weighted by atomic mass is 16.6. The van der Waals surface area contributed by atoms with Gasteiger partial charge in [-0.1, -0.05) is 48.5 Å². The summed E-state index contributed by atoms with van der Waals surface area (Å²) in [5.41, 5.74) is 4.38. The first-order valence-corrected chi connectivity index (χ1v) is 16.7. The van der Waals surface area contributed by atoms with E-state index in [1.165, 1.54) is 0 Å². The Morgan fingerprint density at radius 2 is 1.10 bits per heavy atom. The molecule has 1 saturated carbocycles. The molecule has 260 valence electrons. The maximum absolute atomic E-state index is 12.3. The van der Waals surface area contributed by atoms with Crippen LogP contribution in [-0.4, -0.2) is 89.1 Å². The summed E-state index contributed by atoms with van der Waals surface area (Å²) in [4.78, 5) is 60.3. The first kappa shape index (κ1) is 35.2. The van der Waals surface area contributed by atoms with Crippen LogP contribution in [-0.2, 0) is 28.6 Å². The van der Waals surface area contributed by atoms with Crippen LogP contribution in [0.25, 0.3) is 11.1 Å². The molecule has 0 saturated heterocycles. The summed E-state index contributed by atoms with van der Waals surface area (Å²) in [5, 5.41) is 12.4. The van der Waals surface area contributed by atoms with E-state index in [-0.39, 0.29) is 58.5 Å². The van der Waals surface area contributed by atoms with Gasteiger partial charge in [-0.2, -0.15) is 0 Å². The smallest absolute Gasteiger partial charge is 0.407 e. The normalized spacial score (nSPS) is 18.4. The Bertz CT molecular complexity index is 1510. The van der Waals surface area contributed by atoms with Gasteiger partial charge in [0.15, 0.2) is 0 Å². The number of carbonyl (C=O) groups is 5. The minimum absolute atomic E-state index is 0.104. The Balaban J connectivity index is 0.834. The zero-order valence-corrected chi connectivity index (χ0v) is 27.4. The van der Waals surface area contributed by atoms with E-state index >= 15 is 0 Å². The quantitative estimate of drug-likeness (QED) is 0.133. The van der Waals surface area contributed by atoms with E-state index in [0.29, 0.717) is 24.4 Å². The molecule has 13 nitrogen and oxygen atoms in total. The number of ether oxygens (including phenoxy) is 3. The van der Waals surface area contributed by atoms with E-state index in [0.717, 1.165) is 47.9 Å². The number of rotatable bonds is 16. The van der Waals surface area contributed by atoms with Crippen LogP contribution in [0, 0.1) is 29.6 Å². The fourth-order valence-corrected chi connectivity index (χ4v) is 6.44. The van der Waals surface area contributed by atoms with E-state index in [2.05, 4.69) is 38.4 Å². The van der Waals surface area contributed by atoms with Crippen LogP contribution < -0.4 is 26.6 Å². The summed E-state index contributed by atoms with van der Waals surface area (Å²) in [5.74, 6) is 6.32. The second kappa shape index (κ2) is 17.9. The van der Waals surface area contributed by atoms with Crippen molar-refractivity contribution in [3.8, 4) is 23.0 Å². The lowest BCUT2D eigenvalue weighted by Crippen LogP contribution is -2.44. The van der Waals surface area contributed by atoms with Crippen LogP contribution in [0.4, 0.5) is 9.59 Å². The summed E-state index contributed by atoms with van der Waals surface area (Å²) in [6, 6.07) is 15.9. The average molecular weight is 674 g/mol. The number of hydrogen-bond donors (Lipinski definition) is 5. The molecule has 0 spiro atoms. The van der Waals surface area contributed by atoms with Gasteiger partial charge in [0.2, 0.25) is 17.7 Å². The minimum atomic E-state index is -0.746. The molecular formula is C36H43N5O8. The molecule has 0 radical (unpaired) electrons. The molecule has 49 heavy (non-hydrogen) atoms. The topological polar surface area (TPSA) is 173 Å². The monoisotopic (exact) mass is 673 g/mol. The molecule has 3 atom stereocenters. The van der Waals surface area contributed by atoms with Crippen molar-refractivity contribution in [1.29, 1.82) is 0 Å². The molecule has 1 fully saturated rings. The molecule has 5 N–H and O–H groups in total. The first-order valence-electron chi connectivity index (χ1n) is 16.7. The van der Waals surface area contributed by atoms with E-state index < -0.39 is 29.9 Å². The molecule has 3 aliphatic rings. The van der Waals surface area contributed by atoms with E-state index in [1.807, 2.05) is 48.5 Å². The van der Waals surface area contributed by atoms with E-state index in [1.54, 1.807) is 0 Å². The number of amides is 5. The van der Waals surface area contributed by atoms with E-state index in [4.69, 9.17) is 14.2 Å². The van der Waals surface area contributed by atoms with E-state index in [9.17, 15) is 24.0 Å². The highest BCUT2D eigenvalue weighted by Gasteiger charge is 2.49. The molecule has 0 heterocycles. The van der Waals surface area contributed by atoms with Gasteiger partial charge in [0.25, 0.3) is 0 Å². The summed E-state index contributed by atoms with van der Waals surface area (Å²) in [6.07, 6.45) is 2.79. The summed E-state index contributed by atoms with van der Waals surface area (Å²) < 4.78 is 16.2. The predicted octanol–water partition coefficient (Wildman–Crippen LogP) is 2.06. The van der Waals surface area contributed by atoms with Gasteiger partial charge in [0, 0.05) is 31.8 Å². The maximum Gasteiger partial charge on any atom is 0.407 e. The first-order chi connectivity index (χ1) is 23.9. The van der Waals surface area contributed by atoms with Crippen molar-refractivity contribution in [2.45, 2.75) is 31.6 Å². The van der Waals surface area contributed by atoms with Crippen molar-refractivity contribution in [2.24, 2.45) is 17.8 Å². The van der Waals surface area contributed by atoms with Gasteiger partial charge in [-0.25, -0.2) is 9.59 Å². The SMILES string of the molecule is O=C(CNC(=O)CNC(=O)CNC(=O)OCC1c2ccccc2-c2ccccc21)NCCOCCNC(=O)OC[C@@H]1[C@@H]2CCC#CCC[C@@H]21. The molecule has 0 aliphatic heterocycles. The highest BCUT2D eigenvalue weighted by molar-refractivity contribution is 5.89. The van der Waals surface area contributed by atoms with Gasteiger partial charge in [-0.05, 0) is 52.8 Å². The number of alkyl carbamates (subject to hydrolysis) is 2. The lowest BCUT2D eigenvalue weighted by molar-refractivity contribution is -0.127. The molecule has 3 aliphatic carbocycles. The molecule has 5 amide bonds. The second-order valence-corrected chi connectivity index (χ2v) is 12.1. The van der Waals surface area contributed by atoms with Gasteiger partial charge in [0.1, 0.15) is 13.2 Å². The van der Waals surface area contributed by atoms with Crippen molar-refractivity contribution < 1.29 is 38.2 Å². The third kappa shape index (κ3) is 10.4. The molecule has 2 aromatic rings. The van der Waals surface area contributed by atoms with Crippen LogP contribution in [0.5, 0.6) is 0 Å². The summed E-state index contributed by atoms with van der Waals surface area (Å²) >= 11 is 0. The van der Waals surface area contributed by atoms with Gasteiger partial charge >= 0.3 is 12.2 Å². The largest absolute Gasteiger partial charge is 0.449 e. The number of nitrogens with one attached hydrogen (secondary N) is 5. The van der Waals surface area contributed by atoms with Crippen LogP contribution in [0.15, 0.2) is 48.5 Å². The van der Waals surface area contributed by atoms with Crippen molar-refractivity contribution in [3.05, 3.63) is 59.7 Å². The Morgan fingerprint density at radius 3 is 1.71 bits per heavy atom. The molecule has 13 heteroatoms. The molecule has 0 aromatic heterocycles. The van der Waals surface area contributed by atoms with Crippen LogP contribution in [0.3, 0.4) is 0 Å². The number of hydrogen-bond acceptors (Lipinski definition) is 8. The summed E-state index contributed by atoms with van der Waals surface area (Å²) in [7, 11) is 0. The minimum Gasteiger partial charge on any atom is -0.449 e. The van der Waals surface area contributed by atoms with Gasteiger partial charge in [0.05, 0.1) is 32.9 Å². The Labute approximate surface area is 285 Å². The van der Waals surface area contributed by atoms with Gasteiger partial charge in [-0.3, -0.25) is 14.4 Å². The average Bonchev–Trinajstić information content (AvgIpc) is 3.64. The standard InChI is InChI=1S/C36H43N5O8/c42-32(37-15-17-47-18-16-38-35(45)48-22-31-28-9-3-1-2-4-10-29(28)31)19-39-33(43)20-40-34(44)21-41-36(46)49-23-30-26-13-7-5-11-24(26)25-12-6-8-14-27(25)30/h5-8,11-14,28-31H,3-4,9-10,15-23H2,(H,37,42)(H,38,45)(H,39,43)(H,40,44)(H,41,46)/t28-,29+,31-. The molecule has 0 unspecified atom stereocenters. The van der Waals surface area contributed by atoms with Crippen molar-refractivity contribution >= 4 is 29.9 Å². The zero-order chi connectivity index (χ0) is 34.4. The highest BCUT2D eigenvalue weighted by Crippen LogP contribution is 2.52. The zero-order valence-electron chi connectivity index (χ0n) is 27.4. The molecule has 5 rings (SSSR count). The maximum atomic E-state index is 12.3. The molecule has 2 aromatic carbocycles. The number of benzene rings is 2. The fraction of sp³-hybridized carbons (Fsp3) is 0.472. The lowest BCUT2D eigenvalue weighted by atomic mass is 9.98. The Hall–Kier alpha value is -5.09. The number of carbonyl (C=O) groups excluding carboxylic acids is 5. The third-order valence-electron chi connectivity index (χ3n) is 8.96. The fourth-order valence-electron chi connectivity index (χ4n) is 6.44. The van der Waals surface area contributed by atoms with Gasteiger partial charge in [-0.15, -0.1) is 11.8 Å². The van der Waals surface area contributed by atoms with Crippen molar-refractivity contribution in [2.75, 3.05) is 59.2 Å². The lowest BCUT2D eigenvalue weighted by Gasteiger charge is -2.14. The van der Waals surface area contributed by atoms with Crippen molar-refractivity contribution in [1.82, 2.24) is 26.6 Å². The predicted molar refractivity (Wildman–Crippen MR) is 179 cm³/mol. The molecule has 0 bridgehead atoms. The van der Waals surface area contributed by atoms with Gasteiger partial charge < -0.3 is 40.8 Å². The Morgan fingerprint density at radius 1 is 0.612 bits per heavy atom. The second-order valence-electron chi connectivity index (χ2n) is 12.1. The Kier molecular flexibility index (Phi) is 12.9. The summed E-state index contributed by atoms with van der Waals surface area (Å²) in [6.45, 7) is 0.483. The van der Waals surface area contributed by atoms with Crippen LogP contribution in [0.2, 0.25) is 0 Å². The van der Waals surface area contributed by atoms with Crippen LogP contribution >= 0.6 is 0 Å². The van der Waals surface area contributed by atoms with Crippen molar-refractivity contribution in [3.63, 3.8) is 0 Å². The number of fused-ring (bicyclic) bond motifs is 4. The molecular weight excluding hydrogens is 630 g/mol. The third-order valence-corrected chi connectivity index (χ3v) is 8.96. The van der Waals surface area contributed by atoms with Crippen LogP contribution in [0.1, 0.15) is 42.7 Å².